The number of sulfone groups is 1. The SMILES string of the molecule is CC(CCl)S(=O)(=O)c1ccc(C#N)c(Br)c1F. The molecule has 0 spiro atoms. The number of rotatable bonds is 3. The van der Waals surface area contributed by atoms with Crippen LogP contribution in [-0.2, 0) is 9.84 Å². The van der Waals surface area contributed by atoms with E-state index in [9.17, 15) is 12.8 Å². The van der Waals surface area contributed by atoms with E-state index in [0.717, 1.165) is 6.07 Å². The first-order valence-corrected chi connectivity index (χ1v) is 7.41. The zero-order valence-corrected chi connectivity index (χ0v) is 11.9. The van der Waals surface area contributed by atoms with Gasteiger partial charge in [0.25, 0.3) is 0 Å². The maximum absolute atomic E-state index is 13.8. The molecule has 0 saturated heterocycles. The van der Waals surface area contributed by atoms with Gasteiger partial charge in [0.15, 0.2) is 15.7 Å². The molecule has 0 saturated carbocycles. The summed E-state index contributed by atoms with van der Waals surface area (Å²) in [6.45, 7) is 1.40. The van der Waals surface area contributed by atoms with Crippen LogP contribution in [0.5, 0.6) is 0 Å². The van der Waals surface area contributed by atoms with Crippen molar-refractivity contribution >= 4 is 37.4 Å². The number of halogens is 3. The van der Waals surface area contributed by atoms with Crippen molar-refractivity contribution in [3.05, 3.63) is 28.0 Å². The van der Waals surface area contributed by atoms with Crippen molar-refractivity contribution in [1.82, 2.24) is 0 Å². The number of hydrogen-bond acceptors (Lipinski definition) is 3. The Morgan fingerprint density at radius 1 is 1.59 bits per heavy atom. The Kier molecular flexibility index (Phi) is 4.53. The fraction of sp³-hybridized carbons (Fsp3) is 0.300. The lowest BCUT2D eigenvalue weighted by molar-refractivity contribution is 0.558. The molecule has 0 fully saturated rings. The van der Waals surface area contributed by atoms with Crippen LogP contribution < -0.4 is 0 Å². The van der Waals surface area contributed by atoms with E-state index >= 15 is 0 Å². The molecule has 0 N–H and O–H groups in total. The molecule has 3 nitrogen and oxygen atoms in total. The van der Waals surface area contributed by atoms with E-state index in [1.165, 1.54) is 13.0 Å². The largest absolute Gasteiger partial charge is 0.223 e. The van der Waals surface area contributed by atoms with Gasteiger partial charge in [-0.1, -0.05) is 0 Å². The quantitative estimate of drug-likeness (QED) is 0.795. The fourth-order valence-corrected chi connectivity index (χ4v) is 3.41. The van der Waals surface area contributed by atoms with Gasteiger partial charge in [-0.05, 0) is 35.0 Å². The number of nitrogens with zero attached hydrogens (tertiary/aromatic N) is 1. The van der Waals surface area contributed by atoms with Gasteiger partial charge in [-0.25, -0.2) is 12.8 Å². The summed E-state index contributed by atoms with van der Waals surface area (Å²) in [5.41, 5.74) is 0.0416. The second-order valence-corrected chi connectivity index (χ2v) is 6.80. The standard InChI is InChI=1S/C10H8BrClFNO2S/c1-6(4-12)17(15,16)8-3-2-7(5-14)9(11)10(8)13/h2-3,6H,4H2,1H3. The predicted octanol–water partition coefficient (Wildman–Crippen LogP) is 2.86. The number of nitriles is 1. The van der Waals surface area contributed by atoms with Gasteiger partial charge < -0.3 is 0 Å². The van der Waals surface area contributed by atoms with Crippen molar-refractivity contribution in [3.63, 3.8) is 0 Å². The Morgan fingerprint density at radius 2 is 2.18 bits per heavy atom. The van der Waals surface area contributed by atoms with Gasteiger partial charge in [0.2, 0.25) is 0 Å². The van der Waals surface area contributed by atoms with Crippen LogP contribution in [0.4, 0.5) is 4.39 Å². The molecule has 17 heavy (non-hydrogen) atoms. The summed E-state index contributed by atoms with van der Waals surface area (Å²) in [5.74, 6) is -1.08. The zero-order chi connectivity index (χ0) is 13.2. The molecule has 92 valence electrons. The van der Waals surface area contributed by atoms with Gasteiger partial charge in [-0.2, -0.15) is 5.26 Å². The van der Waals surface area contributed by atoms with Gasteiger partial charge in [-0.15, -0.1) is 11.6 Å². The Bertz CT molecular complexity index is 583. The van der Waals surface area contributed by atoms with E-state index in [0.29, 0.717) is 0 Å². The molecule has 1 unspecified atom stereocenters. The van der Waals surface area contributed by atoms with E-state index < -0.39 is 25.8 Å². The molecule has 0 aliphatic heterocycles. The first-order valence-electron chi connectivity index (χ1n) is 4.54. The summed E-state index contributed by atoms with van der Waals surface area (Å²) in [6.07, 6.45) is 0. The lowest BCUT2D eigenvalue weighted by atomic mass is 10.2. The van der Waals surface area contributed by atoms with Crippen LogP contribution in [0.25, 0.3) is 0 Å². The molecule has 1 aromatic rings. The Morgan fingerprint density at radius 3 is 2.65 bits per heavy atom. The summed E-state index contributed by atoms with van der Waals surface area (Å²) < 4.78 is 37.5. The first kappa shape index (κ1) is 14.4. The molecule has 0 heterocycles. The summed E-state index contributed by atoms with van der Waals surface area (Å²) >= 11 is 8.33. The Hall–Kier alpha value is -0.640. The molecule has 1 rings (SSSR count). The monoisotopic (exact) mass is 339 g/mol. The maximum atomic E-state index is 13.8. The normalized spacial score (nSPS) is 13.1. The van der Waals surface area contributed by atoms with E-state index in [4.69, 9.17) is 16.9 Å². The minimum Gasteiger partial charge on any atom is -0.223 e. The molecule has 1 aromatic carbocycles. The highest BCUT2D eigenvalue weighted by atomic mass is 79.9. The van der Waals surface area contributed by atoms with Crippen LogP contribution in [0.1, 0.15) is 12.5 Å². The number of hydrogen-bond donors (Lipinski definition) is 0. The molecular formula is C10H8BrClFNO2S. The minimum absolute atomic E-state index is 0.0416. The van der Waals surface area contributed by atoms with Crippen molar-refractivity contribution in [2.24, 2.45) is 0 Å². The van der Waals surface area contributed by atoms with Crippen molar-refractivity contribution < 1.29 is 12.8 Å². The number of alkyl halides is 1. The summed E-state index contributed by atoms with van der Waals surface area (Å²) in [6, 6.07) is 4.08. The van der Waals surface area contributed by atoms with Gasteiger partial charge in [0.05, 0.1) is 15.3 Å². The van der Waals surface area contributed by atoms with E-state index in [2.05, 4.69) is 15.9 Å². The lowest BCUT2D eigenvalue weighted by Gasteiger charge is -2.11. The zero-order valence-electron chi connectivity index (χ0n) is 8.75. The molecule has 0 aliphatic carbocycles. The van der Waals surface area contributed by atoms with Crippen LogP contribution in [0.3, 0.4) is 0 Å². The molecule has 0 radical (unpaired) electrons. The molecule has 0 bridgehead atoms. The second-order valence-electron chi connectivity index (χ2n) is 3.36. The fourth-order valence-electron chi connectivity index (χ4n) is 1.14. The third kappa shape index (κ3) is 2.62. The summed E-state index contributed by atoms with van der Waals surface area (Å²) in [7, 11) is -3.81. The third-order valence-electron chi connectivity index (χ3n) is 2.22. The molecule has 0 amide bonds. The van der Waals surface area contributed by atoms with Crippen molar-refractivity contribution in [3.8, 4) is 6.07 Å². The summed E-state index contributed by atoms with van der Waals surface area (Å²) in [5, 5.41) is 7.78. The van der Waals surface area contributed by atoms with Crippen molar-refractivity contribution in [1.29, 1.82) is 5.26 Å². The topological polar surface area (TPSA) is 57.9 Å². The van der Waals surface area contributed by atoms with Crippen molar-refractivity contribution in [2.75, 3.05) is 5.88 Å². The van der Waals surface area contributed by atoms with Gasteiger partial charge in [0, 0.05) is 5.88 Å². The molecule has 1 atom stereocenters. The average molecular weight is 341 g/mol. The van der Waals surface area contributed by atoms with Gasteiger partial charge in [0.1, 0.15) is 11.0 Å². The first-order chi connectivity index (χ1) is 7.86. The van der Waals surface area contributed by atoms with E-state index in [1.807, 2.05) is 0 Å². The molecule has 0 aliphatic rings. The van der Waals surface area contributed by atoms with Crippen molar-refractivity contribution in [2.45, 2.75) is 17.1 Å². The van der Waals surface area contributed by atoms with Crippen LogP contribution in [0, 0.1) is 17.1 Å². The molecule has 7 heteroatoms. The van der Waals surface area contributed by atoms with E-state index in [1.54, 1.807) is 6.07 Å². The smallest absolute Gasteiger partial charge is 0.185 e. The summed E-state index contributed by atoms with van der Waals surface area (Å²) in [4.78, 5) is -0.448. The highest BCUT2D eigenvalue weighted by Crippen LogP contribution is 2.28. The Labute approximate surface area is 112 Å². The third-order valence-corrected chi connectivity index (χ3v) is 5.80. The minimum atomic E-state index is -3.81. The highest BCUT2D eigenvalue weighted by Gasteiger charge is 2.27. The number of benzene rings is 1. The predicted molar refractivity (Wildman–Crippen MR) is 66.2 cm³/mol. The molecule has 0 aromatic heterocycles. The van der Waals surface area contributed by atoms with Gasteiger partial charge in [-0.3, -0.25) is 0 Å². The van der Waals surface area contributed by atoms with Crippen LogP contribution in [-0.4, -0.2) is 19.5 Å². The van der Waals surface area contributed by atoms with Crippen LogP contribution in [0.15, 0.2) is 21.5 Å². The second kappa shape index (κ2) is 5.34. The average Bonchev–Trinajstić information content (AvgIpc) is 2.31. The highest BCUT2D eigenvalue weighted by molar-refractivity contribution is 9.10. The van der Waals surface area contributed by atoms with Crippen LogP contribution >= 0.6 is 27.5 Å². The van der Waals surface area contributed by atoms with Crippen LogP contribution in [0.2, 0.25) is 0 Å². The maximum Gasteiger partial charge on any atom is 0.185 e. The molecular weight excluding hydrogens is 333 g/mol. The Balaban J connectivity index is 3.47. The lowest BCUT2D eigenvalue weighted by Crippen LogP contribution is -2.20. The van der Waals surface area contributed by atoms with E-state index in [-0.39, 0.29) is 15.9 Å². The van der Waals surface area contributed by atoms with Gasteiger partial charge >= 0.3 is 0 Å².